The minimum Gasteiger partial charge on any atom is -0.478 e. The molecule has 0 aromatic rings. The number of carboxylic acids is 1. The number of aliphatic carboxylic acids is 1. The first-order valence-corrected chi connectivity index (χ1v) is 7.73. The van der Waals surface area contributed by atoms with Crippen molar-refractivity contribution in [2.75, 3.05) is 13.2 Å². The number of ether oxygens (including phenoxy) is 1. The van der Waals surface area contributed by atoms with Gasteiger partial charge in [-0.15, -0.1) is 0 Å². The molecule has 4 nitrogen and oxygen atoms in total. The minimum atomic E-state index is -0.943. The van der Waals surface area contributed by atoms with Crippen LogP contribution in [0, 0.1) is 0 Å². The van der Waals surface area contributed by atoms with Crippen LogP contribution in [0.25, 0.3) is 0 Å². The number of carboxylic acid groups (broad SMARTS) is 1. The standard InChI is InChI=1S/C16H30O4/c1-3-4-5-6-7-8-9-12-20-13-15(17)11-10-14(2)16(18)19/h10,15,17H,3-9,11-13H2,1-2H3,(H,18,19). The molecule has 0 rings (SSSR count). The molecule has 0 aliphatic heterocycles. The molecule has 0 spiro atoms. The molecule has 1 unspecified atom stereocenters. The largest absolute Gasteiger partial charge is 0.478 e. The normalized spacial score (nSPS) is 13.4. The molecule has 0 aliphatic rings. The number of hydrogen-bond donors (Lipinski definition) is 2. The van der Waals surface area contributed by atoms with E-state index in [0.29, 0.717) is 13.0 Å². The fourth-order valence-corrected chi connectivity index (χ4v) is 1.85. The van der Waals surface area contributed by atoms with E-state index in [1.807, 2.05) is 0 Å². The second kappa shape index (κ2) is 13.1. The Morgan fingerprint density at radius 1 is 1.15 bits per heavy atom. The molecule has 4 heteroatoms. The molecule has 20 heavy (non-hydrogen) atoms. The molecule has 0 saturated carbocycles. The summed E-state index contributed by atoms with van der Waals surface area (Å²) in [6.07, 6.45) is 9.93. The highest BCUT2D eigenvalue weighted by Crippen LogP contribution is 2.07. The van der Waals surface area contributed by atoms with E-state index in [1.54, 1.807) is 0 Å². The second-order valence-electron chi connectivity index (χ2n) is 5.28. The van der Waals surface area contributed by atoms with Crippen LogP contribution >= 0.6 is 0 Å². The lowest BCUT2D eigenvalue weighted by atomic mass is 10.1. The van der Waals surface area contributed by atoms with Gasteiger partial charge in [0.1, 0.15) is 0 Å². The lowest BCUT2D eigenvalue weighted by molar-refractivity contribution is -0.132. The number of aliphatic hydroxyl groups excluding tert-OH is 1. The van der Waals surface area contributed by atoms with Crippen LogP contribution in [-0.4, -0.2) is 35.5 Å². The summed E-state index contributed by atoms with van der Waals surface area (Å²) >= 11 is 0. The highest BCUT2D eigenvalue weighted by Gasteiger charge is 2.05. The highest BCUT2D eigenvalue weighted by atomic mass is 16.5. The predicted octanol–water partition coefficient (Wildman–Crippen LogP) is 3.54. The van der Waals surface area contributed by atoms with Crippen molar-refractivity contribution in [1.29, 1.82) is 0 Å². The van der Waals surface area contributed by atoms with Crippen LogP contribution in [0.15, 0.2) is 11.6 Å². The molecule has 0 aromatic heterocycles. The number of carbonyl (C=O) groups is 1. The van der Waals surface area contributed by atoms with Crippen molar-refractivity contribution in [1.82, 2.24) is 0 Å². The Morgan fingerprint density at radius 2 is 1.75 bits per heavy atom. The van der Waals surface area contributed by atoms with Crippen LogP contribution in [0.4, 0.5) is 0 Å². The van der Waals surface area contributed by atoms with E-state index in [2.05, 4.69) is 6.92 Å². The summed E-state index contributed by atoms with van der Waals surface area (Å²) in [6, 6.07) is 0. The van der Waals surface area contributed by atoms with Crippen LogP contribution in [0.5, 0.6) is 0 Å². The third kappa shape index (κ3) is 12.2. The summed E-state index contributed by atoms with van der Waals surface area (Å²) in [6.45, 7) is 4.69. The van der Waals surface area contributed by atoms with Crippen LogP contribution in [0.2, 0.25) is 0 Å². The van der Waals surface area contributed by atoms with E-state index in [9.17, 15) is 9.90 Å². The maximum Gasteiger partial charge on any atom is 0.330 e. The average Bonchev–Trinajstić information content (AvgIpc) is 2.42. The van der Waals surface area contributed by atoms with Crippen LogP contribution in [0.3, 0.4) is 0 Å². The molecule has 0 heterocycles. The van der Waals surface area contributed by atoms with Gasteiger partial charge in [0.05, 0.1) is 12.7 Å². The topological polar surface area (TPSA) is 66.8 Å². The zero-order chi connectivity index (χ0) is 15.2. The summed E-state index contributed by atoms with van der Waals surface area (Å²) in [7, 11) is 0. The van der Waals surface area contributed by atoms with Crippen LogP contribution in [0.1, 0.15) is 65.2 Å². The van der Waals surface area contributed by atoms with Crippen molar-refractivity contribution in [3.8, 4) is 0 Å². The molecule has 0 radical (unpaired) electrons. The van der Waals surface area contributed by atoms with Gasteiger partial charge in [-0.05, 0) is 19.8 Å². The van der Waals surface area contributed by atoms with Crippen molar-refractivity contribution in [3.63, 3.8) is 0 Å². The lowest BCUT2D eigenvalue weighted by Crippen LogP contribution is -2.15. The van der Waals surface area contributed by atoms with Crippen molar-refractivity contribution in [3.05, 3.63) is 11.6 Å². The maximum absolute atomic E-state index is 10.6. The minimum absolute atomic E-state index is 0.260. The Balaban J connectivity index is 3.38. The Kier molecular flexibility index (Phi) is 12.6. The SMILES string of the molecule is CCCCCCCCCOCC(O)CC=C(C)C(=O)O. The van der Waals surface area contributed by atoms with Gasteiger partial charge in [0.15, 0.2) is 0 Å². The average molecular weight is 286 g/mol. The molecule has 0 amide bonds. The summed E-state index contributed by atoms with van der Waals surface area (Å²) in [5, 5.41) is 18.3. The van der Waals surface area contributed by atoms with Gasteiger partial charge >= 0.3 is 5.97 Å². The van der Waals surface area contributed by atoms with E-state index in [4.69, 9.17) is 9.84 Å². The zero-order valence-electron chi connectivity index (χ0n) is 12.9. The van der Waals surface area contributed by atoms with Gasteiger partial charge in [-0.2, -0.15) is 0 Å². The third-order valence-electron chi connectivity index (χ3n) is 3.24. The van der Waals surface area contributed by atoms with E-state index in [-0.39, 0.29) is 12.2 Å². The molecule has 1 atom stereocenters. The molecule has 2 N–H and O–H groups in total. The third-order valence-corrected chi connectivity index (χ3v) is 3.24. The summed E-state index contributed by atoms with van der Waals surface area (Å²) in [4.78, 5) is 10.6. The van der Waals surface area contributed by atoms with E-state index in [1.165, 1.54) is 51.5 Å². The summed E-state index contributed by atoms with van der Waals surface area (Å²) in [5.74, 6) is -0.943. The number of aliphatic hydroxyl groups is 1. The molecule has 0 bridgehead atoms. The zero-order valence-corrected chi connectivity index (χ0v) is 12.9. The molecule has 0 aromatic carbocycles. The van der Waals surface area contributed by atoms with Gasteiger partial charge in [0.25, 0.3) is 0 Å². The van der Waals surface area contributed by atoms with Gasteiger partial charge < -0.3 is 14.9 Å². The number of hydrogen-bond acceptors (Lipinski definition) is 3. The van der Waals surface area contributed by atoms with Crippen LogP contribution < -0.4 is 0 Å². The Morgan fingerprint density at radius 3 is 2.35 bits per heavy atom. The monoisotopic (exact) mass is 286 g/mol. The molecule has 0 saturated heterocycles. The Labute approximate surface area is 122 Å². The van der Waals surface area contributed by atoms with Gasteiger partial charge in [-0.1, -0.05) is 51.5 Å². The second-order valence-corrected chi connectivity index (χ2v) is 5.28. The first-order valence-electron chi connectivity index (χ1n) is 7.73. The van der Waals surface area contributed by atoms with E-state index < -0.39 is 12.1 Å². The summed E-state index contributed by atoms with van der Waals surface area (Å²) < 4.78 is 5.39. The van der Waals surface area contributed by atoms with Gasteiger partial charge in [-0.25, -0.2) is 4.79 Å². The van der Waals surface area contributed by atoms with Crippen molar-refractivity contribution in [2.45, 2.75) is 71.3 Å². The molecule has 0 fully saturated rings. The Bertz CT molecular complexity index is 274. The smallest absolute Gasteiger partial charge is 0.330 e. The first-order chi connectivity index (χ1) is 9.57. The summed E-state index contributed by atoms with van der Waals surface area (Å²) in [5.41, 5.74) is 0.260. The number of rotatable bonds is 13. The Hall–Kier alpha value is -0.870. The van der Waals surface area contributed by atoms with Crippen molar-refractivity contribution >= 4 is 5.97 Å². The first kappa shape index (κ1) is 19.1. The van der Waals surface area contributed by atoms with Crippen LogP contribution in [-0.2, 0) is 9.53 Å². The molecular formula is C16H30O4. The lowest BCUT2D eigenvalue weighted by Gasteiger charge is -2.09. The molecule has 118 valence electrons. The highest BCUT2D eigenvalue weighted by molar-refractivity contribution is 5.85. The van der Waals surface area contributed by atoms with E-state index in [0.717, 1.165) is 6.42 Å². The van der Waals surface area contributed by atoms with Gasteiger partial charge in [0.2, 0.25) is 0 Å². The maximum atomic E-state index is 10.6. The number of unbranched alkanes of at least 4 members (excludes halogenated alkanes) is 6. The van der Waals surface area contributed by atoms with Crippen molar-refractivity contribution in [2.24, 2.45) is 0 Å². The fraction of sp³-hybridized carbons (Fsp3) is 0.812. The van der Waals surface area contributed by atoms with Crippen molar-refractivity contribution < 1.29 is 19.7 Å². The molecule has 0 aliphatic carbocycles. The quantitative estimate of drug-likeness (QED) is 0.401. The van der Waals surface area contributed by atoms with Gasteiger partial charge in [-0.3, -0.25) is 0 Å². The molecular weight excluding hydrogens is 256 g/mol. The predicted molar refractivity (Wildman–Crippen MR) is 80.8 cm³/mol. The van der Waals surface area contributed by atoms with Gasteiger partial charge in [0, 0.05) is 12.2 Å². The van der Waals surface area contributed by atoms with E-state index >= 15 is 0 Å². The fourth-order valence-electron chi connectivity index (χ4n) is 1.85.